The number of fused-ring (bicyclic) bond motifs is 1. The minimum absolute atomic E-state index is 0.243. The summed E-state index contributed by atoms with van der Waals surface area (Å²) in [6.07, 6.45) is 0.609. The summed E-state index contributed by atoms with van der Waals surface area (Å²) in [5.74, 6) is 0. The van der Waals surface area contributed by atoms with Gasteiger partial charge in [0.1, 0.15) is 5.60 Å². The Hall–Kier alpha value is -1.03. The summed E-state index contributed by atoms with van der Waals surface area (Å²) in [5, 5.41) is 0. The van der Waals surface area contributed by atoms with Crippen LogP contribution in [0.4, 0.5) is 4.79 Å². The first-order valence-electron chi connectivity index (χ1n) is 6.02. The van der Waals surface area contributed by atoms with E-state index in [1.54, 1.807) is 4.90 Å². The molecule has 1 aliphatic rings. The van der Waals surface area contributed by atoms with E-state index in [9.17, 15) is 4.79 Å². The zero-order chi connectivity index (χ0) is 13.3. The molecule has 3 nitrogen and oxygen atoms in total. The predicted molar refractivity (Wildman–Crippen MR) is 73.3 cm³/mol. The Labute approximate surface area is 116 Å². The molecule has 1 heterocycles. The molecule has 98 valence electrons. The molecule has 0 saturated heterocycles. The zero-order valence-corrected chi connectivity index (χ0v) is 12.5. The minimum Gasteiger partial charge on any atom is -0.444 e. The van der Waals surface area contributed by atoms with E-state index in [-0.39, 0.29) is 6.09 Å². The van der Waals surface area contributed by atoms with Crippen LogP contribution in [0.15, 0.2) is 16.6 Å². The Balaban J connectivity index is 2.12. The topological polar surface area (TPSA) is 29.5 Å². The molecule has 0 atom stereocenters. The highest BCUT2D eigenvalue weighted by atomic mass is 79.9. The Bertz CT molecular complexity index is 465. The summed E-state index contributed by atoms with van der Waals surface area (Å²) in [6.45, 7) is 6.95. The van der Waals surface area contributed by atoms with Gasteiger partial charge in [0.2, 0.25) is 0 Å². The van der Waals surface area contributed by atoms with Crippen LogP contribution >= 0.6 is 15.9 Å². The van der Waals surface area contributed by atoms with Gasteiger partial charge in [0.05, 0.1) is 0 Å². The molecule has 18 heavy (non-hydrogen) atoms. The fraction of sp³-hybridized carbons (Fsp3) is 0.500. The number of carbonyl (C=O) groups excluding carboxylic acids is 1. The summed E-state index contributed by atoms with van der Waals surface area (Å²) in [7, 11) is 0. The standard InChI is InChI=1S/C14H17BrNO2/c1-14(2,3)18-13(17)16-8-7-10-5-4-6-12(15)11(10)9-16/h5-6H,7-9H2,1-3H3/q-1. The van der Waals surface area contributed by atoms with Gasteiger partial charge >= 0.3 is 6.09 Å². The fourth-order valence-electron chi connectivity index (χ4n) is 1.95. The van der Waals surface area contributed by atoms with Gasteiger partial charge in [-0.25, -0.2) is 4.79 Å². The molecule has 0 aliphatic carbocycles. The van der Waals surface area contributed by atoms with Crippen molar-refractivity contribution in [3.05, 3.63) is 33.8 Å². The van der Waals surface area contributed by atoms with Crippen LogP contribution in [-0.2, 0) is 17.7 Å². The summed E-state index contributed by atoms with van der Waals surface area (Å²) in [5.41, 5.74) is 1.97. The third-order valence-corrected chi connectivity index (χ3v) is 3.50. The number of amides is 1. The first-order valence-corrected chi connectivity index (χ1v) is 6.81. The van der Waals surface area contributed by atoms with Crippen molar-refractivity contribution in [2.24, 2.45) is 0 Å². The van der Waals surface area contributed by atoms with Gasteiger partial charge in [-0.3, -0.25) is 0 Å². The van der Waals surface area contributed by atoms with Crippen LogP contribution < -0.4 is 0 Å². The molecule has 0 saturated carbocycles. The first kappa shape index (κ1) is 13.4. The average Bonchev–Trinajstić information content (AvgIpc) is 2.27. The molecule has 0 spiro atoms. The monoisotopic (exact) mass is 310 g/mol. The molecular weight excluding hydrogens is 294 g/mol. The van der Waals surface area contributed by atoms with Crippen molar-refractivity contribution in [2.75, 3.05) is 6.54 Å². The Morgan fingerprint density at radius 1 is 1.44 bits per heavy atom. The number of ether oxygens (including phenoxy) is 1. The van der Waals surface area contributed by atoms with E-state index in [4.69, 9.17) is 4.74 Å². The van der Waals surface area contributed by atoms with E-state index < -0.39 is 5.60 Å². The first-order chi connectivity index (χ1) is 8.37. The second-order valence-electron chi connectivity index (χ2n) is 5.46. The lowest BCUT2D eigenvalue weighted by atomic mass is 10.0. The zero-order valence-electron chi connectivity index (χ0n) is 10.9. The third-order valence-electron chi connectivity index (χ3n) is 2.80. The van der Waals surface area contributed by atoms with Crippen molar-refractivity contribution in [1.82, 2.24) is 4.90 Å². The lowest BCUT2D eigenvalue weighted by Gasteiger charge is -2.34. The van der Waals surface area contributed by atoms with E-state index in [0.29, 0.717) is 13.1 Å². The molecule has 1 amide bonds. The predicted octanol–water partition coefficient (Wildman–Crippen LogP) is 3.54. The van der Waals surface area contributed by atoms with Crippen molar-refractivity contribution < 1.29 is 9.53 Å². The number of hydrogen-bond donors (Lipinski definition) is 0. The van der Waals surface area contributed by atoms with Gasteiger partial charge in [-0.05, 0) is 20.8 Å². The van der Waals surface area contributed by atoms with Gasteiger partial charge in [-0.1, -0.05) is 10.9 Å². The quantitative estimate of drug-likeness (QED) is 0.686. The lowest BCUT2D eigenvalue weighted by Crippen LogP contribution is -2.40. The molecule has 0 N–H and O–H groups in total. The molecule has 1 aromatic carbocycles. The van der Waals surface area contributed by atoms with E-state index in [2.05, 4.69) is 22.0 Å². The number of hydrogen-bond acceptors (Lipinski definition) is 2. The van der Waals surface area contributed by atoms with E-state index in [1.807, 2.05) is 32.9 Å². The van der Waals surface area contributed by atoms with E-state index in [1.165, 1.54) is 5.56 Å². The lowest BCUT2D eigenvalue weighted by molar-refractivity contribution is 0.0223. The normalized spacial score (nSPS) is 15.2. The molecule has 0 aromatic heterocycles. The second kappa shape index (κ2) is 4.92. The molecular formula is C14H17BrNO2-. The summed E-state index contributed by atoms with van der Waals surface area (Å²) in [6, 6.07) is 6.97. The maximum absolute atomic E-state index is 12.0. The van der Waals surface area contributed by atoms with Crippen LogP contribution in [0.25, 0.3) is 0 Å². The Kier molecular flexibility index (Phi) is 3.66. The Morgan fingerprint density at radius 3 is 2.83 bits per heavy atom. The number of halogens is 1. The number of rotatable bonds is 0. The molecule has 2 rings (SSSR count). The minimum atomic E-state index is -0.445. The van der Waals surface area contributed by atoms with Crippen molar-refractivity contribution >= 4 is 22.0 Å². The molecule has 1 aliphatic heterocycles. The second-order valence-corrected chi connectivity index (χ2v) is 6.31. The van der Waals surface area contributed by atoms with Crippen molar-refractivity contribution in [2.45, 2.75) is 39.3 Å². The van der Waals surface area contributed by atoms with Gasteiger partial charge in [-0.15, -0.1) is 27.1 Å². The van der Waals surface area contributed by atoms with E-state index in [0.717, 1.165) is 16.5 Å². The van der Waals surface area contributed by atoms with E-state index >= 15 is 0 Å². The van der Waals surface area contributed by atoms with Crippen LogP contribution in [0, 0.1) is 6.07 Å². The average molecular weight is 311 g/mol. The highest BCUT2D eigenvalue weighted by molar-refractivity contribution is 9.10. The fourth-order valence-corrected chi connectivity index (χ4v) is 2.46. The summed E-state index contributed by atoms with van der Waals surface area (Å²) in [4.78, 5) is 13.8. The largest absolute Gasteiger partial charge is 0.444 e. The number of nitrogens with zero attached hydrogens (tertiary/aromatic N) is 1. The van der Waals surface area contributed by atoms with Gasteiger partial charge in [-0.2, -0.15) is 18.2 Å². The van der Waals surface area contributed by atoms with Gasteiger partial charge in [0, 0.05) is 13.1 Å². The summed E-state index contributed by atoms with van der Waals surface area (Å²) < 4.78 is 6.40. The van der Waals surface area contributed by atoms with Crippen LogP contribution in [0.3, 0.4) is 0 Å². The number of carbonyl (C=O) groups is 1. The van der Waals surface area contributed by atoms with Crippen molar-refractivity contribution in [3.63, 3.8) is 0 Å². The third kappa shape index (κ3) is 3.05. The van der Waals surface area contributed by atoms with Gasteiger partial charge in [0.15, 0.2) is 0 Å². The molecule has 4 heteroatoms. The van der Waals surface area contributed by atoms with Crippen molar-refractivity contribution in [3.8, 4) is 0 Å². The molecule has 0 unspecified atom stereocenters. The maximum atomic E-state index is 12.0. The maximum Gasteiger partial charge on any atom is 0.410 e. The van der Waals surface area contributed by atoms with Crippen LogP contribution in [0.2, 0.25) is 0 Å². The Morgan fingerprint density at radius 2 is 2.17 bits per heavy atom. The van der Waals surface area contributed by atoms with Gasteiger partial charge in [0.25, 0.3) is 0 Å². The van der Waals surface area contributed by atoms with Crippen molar-refractivity contribution in [1.29, 1.82) is 0 Å². The number of benzene rings is 1. The van der Waals surface area contributed by atoms with Crippen LogP contribution in [0.1, 0.15) is 31.9 Å². The molecule has 1 aromatic rings. The molecule has 0 bridgehead atoms. The highest BCUT2D eigenvalue weighted by Gasteiger charge is 2.24. The van der Waals surface area contributed by atoms with Gasteiger partial charge < -0.3 is 9.64 Å². The van der Waals surface area contributed by atoms with Crippen LogP contribution in [0.5, 0.6) is 0 Å². The van der Waals surface area contributed by atoms with Crippen LogP contribution in [-0.4, -0.2) is 23.1 Å². The highest BCUT2D eigenvalue weighted by Crippen LogP contribution is 2.27. The SMILES string of the molecule is CC(C)(C)OC(=O)N1CCc2c[c-]cc(Br)c2C1. The summed E-state index contributed by atoms with van der Waals surface area (Å²) >= 11 is 3.51. The molecule has 0 fully saturated rings. The smallest absolute Gasteiger partial charge is 0.410 e. The molecule has 0 radical (unpaired) electrons.